The third-order valence-corrected chi connectivity index (χ3v) is 3.12. The number of hydrogen-bond acceptors (Lipinski definition) is 1. The monoisotopic (exact) mass is 258 g/mol. The van der Waals surface area contributed by atoms with Gasteiger partial charge in [0.2, 0.25) is 0 Å². The van der Waals surface area contributed by atoms with Gasteiger partial charge in [-0.3, -0.25) is 0 Å². The van der Waals surface area contributed by atoms with Crippen molar-refractivity contribution in [2.75, 3.05) is 0 Å². The molecule has 0 saturated carbocycles. The van der Waals surface area contributed by atoms with Gasteiger partial charge in [-0.25, -0.2) is 4.68 Å². The van der Waals surface area contributed by atoms with Gasteiger partial charge >= 0.3 is 0 Å². The van der Waals surface area contributed by atoms with E-state index in [1.54, 1.807) is 6.20 Å². The maximum absolute atomic E-state index is 4.31. The molecule has 0 amide bonds. The lowest BCUT2D eigenvalue weighted by Crippen LogP contribution is -1.96. The van der Waals surface area contributed by atoms with E-state index in [0.29, 0.717) is 0 Å². The summed E-state index contributed by atoms with van der Waals surface area (Å²) in [5, 5.41) is 4.31. The molecule has 3 rings (SSSR count). The normalized spacial score (nSPS) is 9.85. The van der Waals surface area contributed by atoms with Crippen LogP contribution in [-0.2, 0) is 0 Å². The molecule has 0 aliphatic heterocycles. The molecule has 2 nitrogen and oxygen atoms in total. The fourth-order valence-corrected chi connectivity index (χ4v) is 2.21. The highest BCUT2D eigenvalue weighted by Crippen LogP contribution is 2.26. The predicted octanol–water partition coefficient (Wildman–Crippen LogP) is 3.91. The average Bonchev–Trinajstić information content (AvgIpc) is 3.03. The molecule has 0 aliphatic carbocycles. The Morgan fingerprint density at radius 3 is 2.45 bits per heavy atom. The number of hydrogen-bond donors (Lipinski definition) is 0. The fourth-order valence-electron chi connectivity index (χ4n) is 2.21. The van der Waals surface area contributed by atoms with Crippen molar-refractivity contribution in [3.05, 3.63) is 72.6 Å². The lowest BCUT2D eigenvalue weighted by Gasteiger charge is -2.09. The van der Waals surface area contributed by atoms with E-state index in [1.807, 2.05) is 48.1 Å². The first-order chi connectivity index (χ1) is 9.88. The van der Waals surface area contributed by atoms with Crippen LogP contribution in [0.4, 0.5) is 0 Å². The Morgan fingerprint density at radius 2 is 1.75 bits per heavy atom. The Bertz CT molecular complexity index is 757. The Balaban J connectivity index is 2.08. The summed E-state index contributed by atoms with van der Waals surface area (Å²) in [6, 6.07) is 18.5. The Hall–Kier alpha value is -2.79. The van der Waals surface area contributed by atoms with Crippen molar-refractivity contribution in [1.82, 2.24) is 9.78 Å². The van der Waals surface area contributed by atoms with E-state index in [0.717, 1.165) is 22.4 Å². The molecule has 0 saturated heterocycles. The lowest BCUT2D eigenvalue weighted by molar-refractivity contribution is 0.882. The molecule has 0 N–H and O–H groups in total. The third-order valence-electron chi connectivity index (χ3n) is 3.12. The van der Waals surface area contributed by atoms with Crippen LogP contribution >= 0.6 is 0 Å². The molecule has 0 atom stereocenters. The van der Waals surface area contributed by atoms with Crippen LogP contribution in [0.15, 0.2) is 67.0 Å². The SMILES string of the molecule is CC#Cc1ccc(-c2ccccc2-n2cccn2)cc1. The maximum atomic E-state index is 4.31. The molecule has 3 aromatic rings. The van der Waals surface area contributed by atoms with Crippen molar-refractivity contribution in [3.8, 4) is 28.7 Å². The number of rotatable bonds is 2. The van der Waals surface area contributed by atoms with E-state index in [-0.39, 0.29) is 0 Å². The van der Waals surface area contributed by atoms with Crippen molar-refractivity contribution in [3.63, 3.8) is 0 Å². The van der Waals surface area contributed by atoms with Gasteiger partial charge in [-0.05, 0) is 36.8 Å². The molecule has 2 heteroatoms. The van der Waals surface area contributed by atoms with Crippen molar-refractivity contribution in [2.45, 2.75) is 6.92 Å². The maximum Gasteiger partial charge on any atom is 0.0723 e. The van der Waals surface area contributed by atoms with Crippen molar-refractivity contribution in [1.29, 1.82) is 0 Å². The van der Waals surface area contributed by atoms with Crippen LogP contribution < -0.4 is 0 Å². The van der Waals surface area contributed by atoms with E-state index in [4.69, 9.17) is 0 Å². The first kappa shape index (κ1) is 12.3. The second-order valence-corrected chi connectivity index (χ2v) is 4.42. The van der Waals surface area contributed by atoms with E-state index in [1.165, 1.54) is 0 Å². The Labute approximate surface area is 118 Å². The number of aromatic nitrogens is 2. The molecule has 0 bridgehead atoms. The zero-order valence-corrected chi connectivity index (χ0v) is 11.2. The van der Waals surface area contributed by atoms with Gasteiger partial charge in [-0.1, -0.05) is 36.3 Å². The molecule has 96 valence electrons. The summed E-state index contributed by atoms with van der Waals surface area (Å²) in [7, 11) is 0. The van der Waals surface area contributed by atoms with Crippen LogP contribution in [-0.4, -0.2) is 9.78 Å². The van der Waals surface area contributed by atoms with Crippen molar-refractivity contribution >= 4 is 0 Å². The summed E-state index contributed by atoms with van der Waals surface area (Å²) in [6.45, 7) is 1.85. The van der Waals surface area contributed by atoms with E-state index in [9.17, 15) is 0 Å². The number of para-hydroxylation sites is 1. The van der Waals surface area contributed by atoms with E-state index < -0.39 is 0 Å². The molecule has 0 spiro atoms. The first-order valence-corrected chi connectivity index (χ1v) is 6.51. The molecule has 0 radical (unpaired) electrons. The summed E-state index contributed by atoms with van der Waals surface area (Å²) in [5.74, 6) is 5.97. The van der Waals surface area contributed by atoms with E-state index in [2.05, 4.69) is 41.2 Å². The van der Waals surface area contributed by atoms with Crippen LogP contribution in [0.25, 0.3) is 16.8 Å². The first-order valence-electron chi connectivity index (χ1n) is 6.51. The fraction of sp³-hybridized carbons (Fsp3) is 0.0556. The van der Waals surface area contributed by atoms with Gasteiger partial charge in [-0.2, -0.15) is 5.10 Å². The smallest absolute Gasteiger partial charge is 0.0723 e. The minimum Gasteiger partial charge on any atom is -0.240 e. The van der Waals surface area contributed by atoms with Gasteiger partial charge in [-0.15, -0.1) is 5.92 Å². The Morgan fingerprint density at radius 1 is 0.950 bits per heavy atom. The zero-order chi connectivity index (χ0) is 13.8. The number of nitrogens with zero attached hydrogens (tertiary/aromatic N) is 2. The molecule has 0 fully saturated rings. The molecule has 20 heavy (non-hydrogen) atoms. The van der Waals surface area contributed by atoms with Gasteiger partial charge in [0.15, 0.2) is 0 Å². The predicted molar refractivity (Wildman–Crippen MR) is 81.6 cm³/mol. The van der Waals surface area contributed by atoms with E-state index >= 15 is 0 Å². The molecule has 0 aliphatic rings. The summed E-state index contributed by atoms with van der Waals surface area (Å²) < 4.78 is 1.88. The van der Waals surface area contributed by atoms with Crippen molar-refractivity contribution in [2.24, 2.45) is 0 Å². The van der Waals surface area contributed by atoms with Gasteiger partial charge in [0.25, 0.3) is 0 Å². The lowest BCUT2D eigenvalue weighted by atomic mass is 10.0. The van der Waals surface area contributed by atoms with Crippen LogP contribution in [0.5, 0.6) is 0 Å². The topological polar surface area (TPSA) is 17.8 Å². The minimum atomic E-state index is 1.04. The third kappa shape index (κ3) is 2.34. The second-order valence-electron chi connectivity index (χ2n) is 4.42. The van der Waals surface area contributed by atoms with Gasteiger partial charge in [0.05, 0.1) is 5.69 Å². The van der Waals surface area contributed by atoms with Gasteiger partial charge < -0.3 is 0 Å². The molecule has 2 aromatic carbocycles. The largest absolute Gasteiger partial charge is 0.240 e. The van der Waals surface area contributed by atoms with Gasteiger partial charge in [0, 0.05) is 23.5 Å². The highest BCUT2D eigenvalue weighted by molar-refractivity contribution is 5.73. The molecule has 0 unspecified atom stereocenters. The van der Waals surface area contributed by atoms with Crippen molar-refractivity contribution < 1.29 is 0 Å². The quantitative estimate of drug-likeness (QED) is 0.637. The van der Waals surface area contributed by atoms with Gasteiger partial charge in [0.1, 0.15) is 0 Å². The molecule has 1 aromatic heterocycles. The highest BCUT2D eigenvalue weighted by atomic mass is 15.3. The van der Waals surface area contributed by atoms with Crippen LogP contribution in [0, 0.1) is 11.8 Å². The van der Waals surface area contributed by atoms with Crippen LogP contribution in [0.2, 0.25) is 0 Å². The standard InChI is InChI=1S/C18H14N2/c1-2-6-15-9-11-16(12-10-15)17-7-3-4-8-18(17)20-14-5-13-19-20/h3-5,7-14H,1H3. The molecular weight excluding hydrogens is 244 g/mol. The summed E-state index contributed by atoms with van der Waals surface area (Å²) in [5.41, 5.74) is 4.43. The average molecular weight is 258 g/mol. The summed E-state index contributed by atoms with van der Waals surface area (Å²) >= 11 is 0. The summed E-state index contributed by atoms with van der Waals surface area (Å²) in [6.07, 6.45) is 3.74. The Kier molecular flexibility index (Phi) is 3.34. The summed E-state index contributed by atoms with van der Waals surface area (Å²) in [4.78, 5) is 0. The molecule has 1 heterocycles. The zero-order valence-electron chi connectivity index (χ0n) is 11.2. The molecular formula is C18H14N2. The second kappa shape index (κ2) is 5.46. The minimum absolute atomic E-state index is 1.04. The number of benzene rings is 2. The highest BCUT2D eigenvalue weighted by Gasteiger charge is 2.06. The van der Waals surface area contributed by atoms with Crippen LogP contribution in [0.1, 0.15) is 12.5 Å². The van der Waals surface area contributed by atoms with Crippen LogP contribution in [0.3, 0.4) is 0 Å².